The molecule has 0 spiro atoms. The molecule has 0 saturated carbocycles. The lowest BCUT2D eigenvalue weighted by molar-refractivity contribution is -0.140. The molecule has 0 atom stereocenters. The van der Waals surface area contributed by atoms with Gasteiger partial charge in [0.2, 0.25) is 0 Å². The van der Waals surface area contributed by atoms with Crippen molar-refractivity contribution in [2.24, 2.45) is 0 Å². The van der Waals surface area contributed by atoms with Crippen molar-refractivity contribution in [3.8, 4) is 12.3 Å². The van der Waals surface area contributed by atoms with Crippen LogP contribution in [0.5, 0.6) is 0 Å². The normalized spacial score (nSPS) is 9.50. The van der Waals surface area contributed by atoms with Crippen LogP contribution < -0.4 is 0 Å². The lowest BCUT2D eigenvalue weighted by atomic mass is 10.3. The van der Waals surface area contributed by atoms with Gasteiger partial charge in [-0.05, 0) is 7.05 Å². The fourth-order valence-electron chi connectivity index (χ4n) is 0.751. The van der Waals surface area contributed by atoms with E-state index < -0.39 is 0 Å². The maximum absolute atomic E-state index is 10.7. The van der Waals surface area contributed by atoms with Gasteiger partial charge in [0, 0.05) is 19.5 Å². The zero-order chi connectivity index (χ0) is 9.40. The molecular weight excluding hydrogens is 154 g/mol. The molecule has 0 aliphatic heterocycles. The van der Waals surface area contributed by atoms with E-state index in [1.807, 2.05) is 11.9 Å². The van der Waals surface area contributed by atoms with Crippen LogP contribution in [0.1, 0.15) is 12.8 Å². The predicted octanol–water partition coefficient (Wildman–Crippen LogP) is 0.505. The smallest absolute Gasteiger partial charge is 0.306 e. The molecule has 0 aliphatic rings. The Morgan fingerprint density at radius 2 is 2.25 bits per heavy atom. The van der Waals surface area contributed by atoms with E-state index in [2.05, 4.69) is 10.7 Å². The SMILES string of the molecule is C#CCCN(C)CCC(=O)OC. The van der Waals surface area contributed by atoms with Crippen molar-refractivity contribution in [3.63, 3.8) is 0 Å². The topological polar surface area (TPSA) is 29.5 Å². The lowest BCUT2D eigenvalue weighted by Crippen LogP contribution is -2.23. The third-order valence-electron chi connectivity index (χ3n) is 1.56. The highest BCUT2D eigenvalue weighted by Crippen LogP contribution is 1.91. The Labute approximate surface area is 73.7 Å². The van der Waals surface area contributed by atoms with Gasteiger partial charge in [-0.3, -0.25) is 4.79 Å². The van der Waals surface area contributed by atoms with Crippen molar-refractivity contribution in [2.45, 2.75) is 12.8 Å². The fraction of sp³-hybridized carbons (Fsp3) is 0.667. The summed E-state index contributed by atoms with van der Waals surface area (Å²) < 4.78 is 4.50. The molecule has 0 rings (SSSR count). The second-order valence-electron chi connectivity index (χ2n) is 2.58. The maximum atomic E-state index is 10.7. The van der Waals surface area contributed by atoms with Crippen LogP contribution in [0.15, 0.2) is 0 Å². The maximum Gasteiger partial charge on any atom is 0.306 e. The fourth-order valence-corrected chi connectivity index (χ4v) is 0.751. The van der Waals surface area contributed by atoms with Gasteiger partial charge in [0.15, 0.2) is 0 Å². The van der Waals surface area contributed by atoms with Crippen LogP contribution >= 0.6 is 0 Å². The average molecular weight is 169 g/mol. The van der Waals surface area contributed by atoms with Crippen molar-refractivity contribution in [2.75, 3.05) is 27.2 Å². The summed E-state index contributed by atoms with van der Waals surface area (Å²) in [6.45, 7) is 1.53. The Kier molecular flexibility index (Phi) is 6.12. The van der Waals surface area contributed by atoms with Crippen molar-refractivity contribution < 1.29 is 9.53 Å². The molecule has 3 nitrogen and oxygen atoms in total. The molecule has 0 aromatic rings. The third kappa shape index (κ3) is 5.75. The molecule has 0 aromatic carbocycles. The van der Waals surface area contributed by atoms with Crippen LogP contribution in [0.2, 0.25) is 0 Å². The van der Waals surface area contributed by atoms with Gasteiger partial charge in [0.25, 0.3) is 0 Å². The van der Waals surface area contributed by atoms with Gasteiger partial charge in [-0.25, -0.2) is 0 Å². The highest BCUT2D eigenvalue weighted by atomic mass is 16.5. The molecular formula is C9H15NO2. The summed E-state index contributed by atoms with van der Waals surface area (Å²) in [7, 11) is 3.32. The Morgan fingerprint density at radius 1 is 1.58 bits per heavy atom. The summed E-state index contributed by atoms with van der Waals surface area (Å²) >= 11 is 0. The molecule has 0 saturated heterocycles. The number of methoxy groups -OCH3 is 1. The molecule has 3 heteroatoms. The number of esters is 1. The number of hydrogen-bond donors (Lipinski definition) is 0. The van der Waals surface area contributed by atoms with E-state index in [9.17, 15) is 4.79 Å². The van der Waals surface area contributed by atoms with Gasteiger partial charge in [0.1, 0.15) is 0 Å². The summed E-state index contributed by atoms with van der Waals surface area (Å²) in [4.78, 5) is 12.7. The minimum atomic E-state index is -0.178. The van der Waals surface area contributed by atoms with Gasteiger partial charge < -0.3 is 9.64 Å². The zero-order valence-electron chi connectivity index (χ0n) is 7.67. The number of nitrogens with zero attached hydrogens (tertiary/aromatic N) is 1. The molecule has 0 aliphatic carbocycles. The second kappa shape index (κ2) is 6.68. The van der Waals surface area contributed by atoms with Crippen molar-refractivity contribution in [1.82, 2.24) is 4.90 Å². The molecule has 12 heavy (non-hydrogen) atoms. The van der Waals surface area contributed by atoms with E-state index in [0.717, 1.165) is 13.0 Å². The predicted molar refractivity (Wildman–Crippen MR) is 47.6 cm³/mol. The van der Waals surface area contributed by atoms with E-state index in [-0.39, 0.29) is 5.97 Å². The molecule has 0 aromatic heterocycles. The number of rotatable bonds is 5. The van der Waals surface area contributed by atoms with Crippen molar-refractivity contribution in [1.29, 1.82) is 0 Å². The van der Waals surface area contributed by atoms with Crippen LogP contribution in [0.3, 0.4) is 0 Å². The first-order valence-corrected chi connectivity index (χ1v) is 3.89. The summed E-state index contributed by atoms with van der Waals surface area (Å²) in [5, 5.41) is 0. The van der Waals surface area contributed by atoms with Crippen LogP contribution in [0.4, 0.5) is 0 Å². The van der Waals surface area contributed by atoms with Gasteiger partial charge >= 0.3 is 5.97 Å². The Balaban J connectivity index is 3.38. The first kappa shape index (κ1) is 11.0. The van der Waals surface area contributed by atoms with Gasteiger partial charge in [0.05, 0.1) is 13.5 Å². The van der Waals surface area contributed by atoms with Crippen molar-refractivity contribution in [3.05, 3.63) is 0 Å². The first-order chi connectivity index (χ1) is 5.70. The van der Waals surface area contributed by atoms with E-state index in [4.69, 9.17) is 6.42 Å². The summed E-state index contributed by atoms with van der Waals surface area (Å²) in [5.41, 5.74) is 0. The van der Waals surface area contributed by atoms with Crippen LogP contribution in [-0.4, -0.2) is 38.1 Å². The van der Waals surface area contributed by atoms with E-state index in [1.165, 1.54) is 7.11 Å². The highest BCUT2D eigenvalue weighted by molar-refractivity contribution is 5.69. The Hall–Kier alpha value is -1.01. The highest BCUT2D eigenvalue weighted by Gasteiger charge is 2.02. The molecule has 0 unspecified atom stereocenters. The molecule has 0 amide bonds. The number of terminal acetylenes is 1. The van der Waals surface area contributed by atoms with E-state index in [0.29, 0.717) is 13.0 Å². The zero-order valence-corrected chi connectivity index (χ0v) is 7.67. The number of carbonyl (C=O) groups is 1. The molecule has 0 N–H and O–H groups in total. The quantitative estimate of drug-likeness (QED) is 0.443. The molecule has 0 bridgehead atoms. The Bertz CT molecular complexity index is 172. The summed E-state index contributed by atoms with van der Waals surface area (Å²) in [6.07, 6.45) is 6.24. The molecule has 68 valence electrons. The van der Waals surface area contributed by atoms with Gasteiger partial charge in [-0.2, -0.15) is 0 Å². The molecule has 0 fully saturated rings. The van der Waals surface area contributed by atoms with E-state index in [1.54, 1.807) is 0 Å². The Morgan fingerprint density at radius 3 is 2.75 bits per heavy atom. The number of carbonyl (C=O) groups excluding carboxylic acids is 1. The number of hydrogen-bond acceptors (Lipinski definition) is 3. The van der Waals surface area contributed by atoms with Crippen LogP contribution in [0.25, 0.3) is 0 Å². The largest absolute Gasteiger partial charge is 0.469 e. The minimum absolute atomic E-state index is 0.178. The second-order valence-corrected chi connectivity index (χ2v) is 2.58. The minimum Gasteiger partial charge on any atom is -0.469 e. The first-order valence-electron chi connectivity index (χ1n) is 3.89. The van der Waals surface area contributed by atoms with Gasteiger partial charge in [-0.1, -0.05) is 0 Å². The number of ether oxygens (including phenoxy) is 1. The van der Waals surface area contributed by atoms with Gasteiger partial charge in [-0.15, -0.1) is 12.3 Å². The van der Waals surface area contributed by atoms with E-state index >= 15 is 0 Å². The molecule has 0 heterocycles. The summed E-state index contributed by atoms with van der Waals surface area (Å²) in [5.74, 6) is 2.36. The lowest BCUT2D eigenvalue weighted by Gasteiger charge is -2.13. The van der Waals surface area contributed by atoms with Crippen molar-refractivity contribution >= 4 is 5.97 Å². The molecule has 0 radical (unpaired) electrons. The monoisotopic (exact) mass is 169 g/mol. The summed E-state index contributed by atoms with van der Waals surface area (Å²) in [6, 6.07) is 0. The van der Waals surface area contributed by atoms with Crippen LogP contribution in [-0.2, 0) is 9.53 Å². The van der Waals surface area contributed by atoms with Crippen LogP contribution in [0, 0.1) is 12.3 Å². The standard InChI is InChI=1S/C9H15NO2/c1-4-5-7-10(2)8-6-9(11)12-3/h1H,5-8H2,2-3H3. The third-order valence-corrected chi connectivity index (χ3v) is 1.56. The average Bonchev–Trinajstić information content (AvgIpc) is 2.10.